The molecule has 0 spiro atoms. The summed E-state index contributed by atoms with van der Waals surface area (Å²) in [6.45, 7) is 1.00. The number of carbonyl (C=O) groups is 1. The van der Waals surface area contributed by atoms with Crippen LogP contribution in [0.25, 0.3) is 0 Å². The fraction of sp³-hybridized carbons (Fsp3) is 0.667. The monoisotopic (exact) mass is 476 g/mol. The molecule has 5 atom stereocenters. The van der Waals surface area contributed by atoms with Gasteiger partial charge in [-0.15, -0.1) is 0 Å². The number of carbonyl (C=O) groups excluding carboxylic acids is 1. The summed E-state index contributed by atoms with van der Waals surface area (Å²) in [7, 11) is 1.53. The van der Waals surface area contributed by atoms with Crippen molar-refractivity contribution in [1.29, 1.82) is 5.26 Å². The van der Waals surface area contributed by atoms with Gasteiger partial charge in [-0.1, -0.05) is 12.1 Å². The first-order valence-corrected chi connectivity index (χ1v) is 12.1. The Labute approximate surface area is 197 Å². The Morgan fingerprint density at radius 1 is 1.26 bits per heavy atom. The van der Waals surface area contributed by atoms with E-state index in [1.807, 2.05) is 0 Å². The minimum atomic E-state index is -4.37. The maximum atomic E-state index is 14.1. The number of likely N-dealkylation sites (tertiary alicyclic amines) is 1. The van der Waals surface area contributed by atoms with Crippen LogP contribution in [0.5, 0.6) is 0 Å². The van der Waals surface area contributed by atoms with Crippen LogP contribution in [0.3, 0.4) is 0 Å². The second-order valence-electron chi connectivity index (χ2n) is 10.1. The number of hydrogen-bond acceptors (Lipinski definition) is 6. The standard InChI is InChI=1S/C24H31F3N6O/c1-32-14-2-11-23(32,24(25,26)27)16-5-7-17(8-6-16)30-21-20-19(10-13-29-22(20)34)33(31-21)18(9-12-28)15-3-4-15/h5-8,15,18-21,30-31H,2-4,9-11,13-14H2,1H3,(H,29,34)/t18-,19?,20?,21?,23?/m0/s1. The molecule has 1 aliphatic carbocycles. The van der Waals surface area contributed by atoms with Gasteiger partial charge in [0.2, 0.25) is 5.91 Å². The SMILES string of the molecule is CN1CCCC1(c1ccc(NC2NN([C@@H](CC#N)C3CC3)C3CCNC(=O)C23)cc1)C(F)(F)F. The normalized spacial score (nSPS) is 33.3. The third kappa shape index (κ3) is 3.84. The summed E-state index contributed by atoms with van der Waals surface area (Å²) >= 11 is 0. The number of nitrogens with one attached hydrogen (secondary N) is 3. The van der Waals surface area contributed by atoms with Gasteiger partial charge in [0.05, 0.1) is 18.4 Å². The Bertz CT molecular complexity index is 959. The predicted octanol–water partition coefficient (Wildman–Crippen LogP) is 2.92. The summed E-state index contributed by atoms with van der Waals surface area (Å²) < 4.78 is 42.4. The summed E-state index contributed by atoms with van der Waals surface area (Å²) in [5, 5.41) is 17.7. The molecule has 0 radical (unpaired) electrons. The van der Waals surface area contributed by atoms with Crippen molar-refractivity contribution in [2.45, 2.75) is 68.5 Å². The van der Waals surface area contributed by atoms with Crippen molar-refractivity contribution in [2.75, 3.05) is 25.5 Å². The number of fused-ring (bicyclic) bond motifs is 1. The van der Waals surface area contributed by atoms with E-state index in [0.717, 1.165) is 19.3 Å². The van der Waals surface area contributed by atoms with Gasteiger partial charge in [0.15, 0.2) is 0 Å². The summed E-state index contributed by atoms with van der Waals surface area (Å²) in [6, 6.07) is 8.76. The van der Waals surface area contributed by atoms with Gasteiger partial charge in [0.1, 0.15) is 11.7 Å². The number of nitriles is 1. The number of hydrazine groups is 1. The Morgan fingerprint density at radius 2 is 2.00 bits per heavy atom. The summed E-state index contributed by atoms with van der Waals surface area (Å²) in [4.78, 5) is 14.2. The molecule has 3 N–H and O–H groups in total. The highest BCUT2D eigenvalue weighted by Crippen LogP contribution is 2.50. The first-order valence-electron chi connectivity index (χ1n) is 12.1. The molecule has 1 saturated carbocycles. The third-order valence-corrected chi connectivity index (χ3v) is 8.12. The van der Waals surface area contributed by atoms with Gasteiger partial charge in [-0.05, 0) is 69.3 Å². The maximum absolute atomic E-state index is 14.1. The highest BCUT2D eigenvalue weighted by Gasteiger charge is 2.60. The zero-order valence-electron chi connectivity index (χ0n) is 19.2. The van der Waals surface area contributed by atoms with Gasteiger partial charge in [-0.3, -0.25) is 9.69 Å². The maximum Gasteiger partial charge on any atom is 0.410 e. The number of amides is 1. The predicted molar refractivity (Wildman–Crippen MR) is 120 cm³/mol. The van der Waals surface area contributed by atoms with E-state index in [4.69, 9.17) is 0 Å². The summed E-state index contributed by atoms with van der Waals surface area (Å²) in [5.74, 6) is 0.0594. The summed E-state index contributed by atoms with van der Waals surface area (Å²) in [6.07, 6.45) is -0.863. The quantitative estimate of drug-likeness (QED) is 0.586. The minimum absolute atomic E-state index is 0.0230. The lowest BCUT2D eigenvalue weighted by molar-refractivity contribution is -0.225. The average molecular weight is 477 g/mol. The number of benzene rings is 1. The van der Waals surface area contributed by atoms with Crippen LogP contribution in [0, 0.1) is 23.2 Å². The molecule has 0 aromatic heterocycles. The molecule has 3 aliphatic heterocycles. The second kappa shape index (κ2) is 8.70. The van der Waals surface area contributed by atoms with Crippen LogP contribution in [-0.2, 0) is 10.3 Å². The molecule has 7 nitrogen and oxygen atoms in total. The van der Waals surface area contributed by atoms with Crippen molar-refractivity contribution in [2.24, 2.45) is 11.8 Å². The molecule has 5 rings (SSSR count). The van der Waals surface area contributed by atoms with Crippen LogP contribution in [-0.4, -0.2) is 60.4 Å². The number of anilines is 1. The van der Waals surface area contributed by atoms with Crippen LogP contribution < -0.4 is 16.1 Å². The van der Waals surface area contributed by atoms with Gasteiger partial charge in [-0.2, -0.15) is 18.4 Å². The van der Waals surface area contributed by atoms with Crippen molar-refractivity contribution in [3.05, 3.63) is 29.8 Å². The number of rotatable bonds is 6. The van der Waals surface area contributed by atoms with E-state index in [1.54, 1.807) is 24.3 Å². The summed E-state index contributed by atoms with van der Waals surface area (Å²) in [5.41, 5.74) is 2.38. The zero-order chi connectivity index (χ0) is 24.1. The lowest BCUT2D eigenvalue weighted by Crippen LogP contribution is -2.52. The smallest absolute Gasteiger partial charge is 0.368 e. The molecule has 1 aromatic rings. The van der Waals surface area contributed by atoms with Crippen molar-refractivity contribution in [3.63, 3.8) is 0 Å². The fourth-order valence-electron chi connectivity index (χ4n) is 6.23. The van der Waals surface area contributed by atoms with Gasteiger partial charge in [0.25, 0.3) is 0 Å². The lowest BCUT2D eigenvalue weighted by atomic mass is 9.86. The van der Waals surface area contributed by atoms with Crippen LogP contribution in [0.1, 0.15) is 44.1 Å². The van der Waals surface area contributed by atoms with Crippen molar-refractivity contribution >= 4 is 11.6 Å². The molecular formula is C24H31F3N6O. The van der Waals surface area contributed by atoms with Crippen molar-refractivity contribution < 1.29 is 18.0 Å². The van der Waals surface area contributed by atoms with Gasteiger partial charge in [-0.25, -0.2) is 10.4 Å². The topological polar surface area (TPSA) is 83.4 Å². The first-order chi connectivity index (χ1) is 16.3. The molecule has 184 valence electrons. The first kappa shape index (κ1) is 23.4. The van der Waals surface area contributed by atoms with E-state index in [2.05, 4.69) is 27.1 Å². The lowest BCUT2D eigenvalue weighted by Gasteiger charge is -2.38. The number of piperidine rings is 1. The Hall–Kier alpha value is -2.35. The second-order valence-corrected chi connectivity index (χ2v) is 10.1. The molecule has 3 heterocycles. The molecule has 4 unspecified atom stereocenters. The van der Waals surface area contributed by atoms with E-state index in [-0.39, 0.29) is 35.9 Å². The van der Waals surface area contributed by atoms with Crippen molar-refractivity contribution in [1.82, 2.24) is 20.7 Å². The van der Waals surface area contributed by atoms with Crippen LogP contribution >= 0.6 is 0 Å². The minimum Gasteiger partial charge on any atom is -0.368 e. The Kier molecular flexibility index (Phi) is 5.99. The van der Waals surface area contributed by atoms with E-state index in [1.165, 1.54) is 11.9 Å². The van der Waals surface area contributed by atoms with Gasteiger partial charge < -0.3 is 10.6 Å². The van der Waals surface area contributed by atoms with Gasteiger partial charge >= 0.3 is 6.18 Å². The number of nitrogens with zero attached hydrogens (tertiary/aromatic N) is 3. The van der Waals surface area contributed by atoms with Crippen LogP contribution in [0.4, 0.5) is 18.9 Å². The van der Waals surface area contributed by atoms with Crippen LogP contribution in [0.15, 0.2) is 24.3 Å². The molecule has 0 bridgehead atoms. The highest BCUT2D eigenvalue weighted by atomic mass is 19.4. The van der Waals surface area contributed by atoms with E-state index < -0.39 is 17.9 Å². The molecule has 34 heavy (non-hydrogen) atoms. The molecular weight excluding hydrogens is 445 g/mol. The molecule has 4 aliphatic rings. The van der Waals surface area contributed by atoms with Gasteiger partial charge in [0, 0.05) is 24.3 Å². The largest absolute Gasteiger partial charge is 0.410 e. The number of halogens is 3. The van der Waals surface area contributed by atoms with Crippen LogP contribution in [0.2, 0.25) is 0 Å². The average Bonchev–Trinajstić information content (AvgIpc) is 3.46. The molecule has 1 aromatic carbocycles. The molecule has 1 amide bonds. The van der Waals surface area contributed by atoms with Crippen molar-refractivity contribution in [3.8, 4) is 6.07 Å². The molecule has 10 heteroatoms. The zero-order valence-corrected chi connectivity index (χ0v) is 19.2. The third-order valence-electron chi connectivity index (χ3n) is 8.12. The Morgan fingerprint density at radius 3 is 2.59 bits per heavy atom. The number of hydrogen-bond donors (Lipinski definition) is 3. The van der Waals surface area contributed by atoms with E-state index >= 15 is 0 Å². The Balaban J connectivity index is 1.37. The fourth-order valence-corrected chi connectivity index (χ4v) is 6.23. The number of alkyl halides is 3. The van der Waals surface area contributed by atoms with E-state index in [0.29, 0.717) is 37.5 Å². The highest BCUT2D eigenvalue weighted by molar-refractivity contribution is 5.82. The van der Waals surface area contributed by atoms with E-state index in [9.17, 15) is 23.2 Å². The molecule has 3 saturated heterocycles. The molecule has 4 fully saturated rings.